The van der Waals surface area contributed by atoms with Gasteiger partial charge in [-0.2, -0.15) is 0 Å². The highest BCUT2D eigenvalue weighted by Gasteiger charge is 2.53. The van der Waals surface area contributed by atoms with E-state index in [9.17, 15) is 5.11 Å². The second-order valence-corrected chi connectivity index (χ2v) is 4.23. The molecule has 1 N–H and O–H groups in total. The summed E-state index contributed by atoms with van der Waals surface area (Å²) in [6.07, 6.45) is 3.60. The molecule has 0 amide bonds. The van der Waals surface area contributed by atoms with E-state index in [0.717, 1.165) is 16.9 Å². The third kappa shape index (κ3) is 0.611. The van der Waals surface area contributed by atoms with Gasteiger partial charge in [-0.25, -0.2) is 0 Å². The Bertz CT molecular complexity index is 155. The second kappa shape index (κ2) is 1.74. The fourth-order valence-corrected chi connectivity index (χ4v) is 2.76. The molecule has 2 nitrogen and oxygen atoms in total. The largest absolute Gasteiger partial charge is 0.387 e. The molecule has 0 aromatic rings. The lowest BCUT2D eigenvalue weighted by molar-refractivity contribution is -0.913. The Morgan fingerprint density at radius 3 is 2.20 bits per heavy atom. The minimum absolute atomic E-state index is 0.00579. The van der Waals surface area contributed by atoms with Crippen LogP contribution in [0, 0.1) is 0 Å². The number of rotatable bonds is 0. The van der Waals surface area contributed by atoms with Crippen LogP contribution in [0.1, 0.15) is 19.3 Å². The maximum absolute atomic E-state index is 9.54. The summed E-state index contributed by atoms with van der Waals surface area (Å²) in [6, 6.07) is 1.30. The van der Waals surface area contributed by atoms with Gasteiger partial charge in [-0.15, -0.1) is 0 Å². The smallest absolute Gasteiger partial charge is 0.116 e. The third-order valence-electron chi connectivity index (χ3n) is 3.55. The maximum Gasteiger partial charge on any atom is 0.116 e. The molecule has 2 aliphatic heterocycles. The fourth-order valence-electron chi connectivity index (χ4n) is 2.76. The molecule has 0 spiro atoms. The second-order valence-electron chi connectivity index (χ2n) is 4.23. The molecule has 0 aliphatic carbocycles. The van der Waals surface area contributed by atoms with Crippen LogP contribution in [-0.2, 0) is 0 Å². The lowest BCUT2D eigenvalue weighted by atomic mass is 9.98. The maximum atomic E-state index is 9.54. The van der Waals surface area contributed by atoms with E-state index in [-0.39, 0.29) is 6.10 Å². The predicted octanol–water partition coefficient (Wildman–Crippen LogP) is 0.358. The van der Waals surface area contributed by atoms with E-state index in [1.807, 2.05) is 0 Å². The molecular weight excluding hydrogens is 126 g/mol. The Hall–Kier alpha value is -0.0800. The van der Waals surface area contributed by atoms with Crippen LogP contribution in [-0.4, -0.2) is 41.9 Å². The highest BCUT2D eigenvalue weighted by Crippen LogP contribution is 2.41. The van der Waals surface area contributed by atoms with E-state index in [2.05, 4.69) is 14.1 Å². The van der Waals surface area contributed by atoms with E-state index < -0.39 is 0 Å². The van der Waals surface area contributed by atoms with Gasteiger partial charge in [0.1, 0.15) is 12.1 Å². The van der Waals surface area contributed by atoms with Crippen LogP contribution < -0.4 is 0 Å². The van der Waals surface area contributed by atoms with Crippen molar-refractivity contribution in [1.29, 1.82) is 0 Å². The van der Waals surface area contributed by atoms with Gasteiger partial charge in [0.2, 0.25) is 0 Å². The molecule has 0 aromatic carbocycles. The van der Waals surface area contributed by atoms with Crippen LogP contribution in [0.25, 0.3) is 0 Å². The zero-order chi connectivity index (χ0) is 7.35. The Labute approximate surface area is 62.0 Å². The molecule has 2 rings (SSSR count). The molecule has 0 radical (unpaired) electrons. The predicted molar refractivity (Wildman–Crippen MR) is 39.5 cm³/mol. The average Bonchev–Trinajstić information content (AvgIpc) is 2.20. The van der Waals surface area contributed by atoms with Crippen molar-refractivity contribution in [2.45, 2.75) is 37.5 Å². The first-order valence-electron chi connectivity index (χ1n) is 4.14. The first-order valence-corrected chi connectivity index (χ1v) is 4.14. The molecule has 2 heterocycles. The molecule has 3 unspecified atom stereocenters. The van der Waals surface area contributed by atoms with Crippen molar-refractivity contribution in [1.82, 2.24) is 0 Å². The van der Waals surface area contributed by atoms with Gasteiger partial charge in [0, 0.05) is 19.3 Å². The molecule has 2 aliphatic rings. The molecule has 3 atom stereocenters. The summed E-state index contributed by atoms with van der Waals surface area (Å²) in [5.74, 6) is 0. The highest BCUT2D eigenvalue weighted by molar-refractivity contribution is 4.89. The van der Waals surface area contributed by atoms with Crippen molar-refractivity contribution in [2.75, 3.05) is 14.1 Å². The Kier molecular flexibility index (Phi) is 1.15. The zero-order valence-corrected chi connectivity index (χ0v) is 6.75. The third-order valence-corrected chi connectivity index (χ3v) is 3.55. The summed E-state index contributed by atoms with van der Waals surface area (Å²) in [5, 5.41) is 9.54. The lowest BCUT2D eigenvalue weighted by Crippen LogP contribution is -2.45. The summed E-state index contributed by atoms with van der Waals surface area (Å²) in [4.78, 5) is 0. The number of quaternary nitrogens is 1. The van der Waals surface area contributed by atoms with Crippen molar-refractivity contribution in [3.05, 3.63) is 0 Å². The van der Waals surface area contributed by atoms with Gasteiger partial charge in [-0.05, 0) is 0 Å². The van der Waals surface area contributed by atoms with Crippen LogP contribution in [0.4, 0.5) is 0 Å². The Morgan fingerprint density at radius 2 is 2.00 bits per heavy atom. The molecular formula is C8H16NO+. The van der Waals surface area contributed by atoms with Gasteiger partial charge >= 0.3 is 0 Å². The number of fused-ring (bicyclic) bond motifs is 2. The number of hydrogen-bond acceptors (Lipinski definition) is 1. The van der Waals surface area contributed by atoms with Gasteiger partial charge in [0.25, 0.3) is 0 Å². The van der Waals surface area contributed by atoms with Crippen LogP contribution in [0.15, 0.2) is 0 Å². The number of nitrogens with zero attached hydrogens (tertiary/aromatic N) is 1. The average molecular weight is 142 g/mol. The molecule has 58 valence electrons. The van der Waals surface area contributed by atoms with Crippen LogP contribution >= 0.6 is 0 Å². The molecule has 2 heteroatoms. The van der Waals surface area contributed by atoms with Crippen molar-refractivity contribution >= 4 is 0 Å². The number of aliphatic hydroxyl groups is 1. The van der Waals surface area contributed by atoms with Crippen LogP contribution in [0.2, 0.25) is 0 Å². The molecule has 10 heavy (non-hydrogen) atoms. The first-order chi connectivity index (χ1) is 4.62. The summed E-state index contributed by atoms with van der Waals surface area (Å²) in [6.45, 7) is 0. The number of hydrogen-bond donors (Lipinski definition) is 1. The lowest BCUT2D eigenvalue weighted by Gasteiger charge is -2.30. The van der Waals surface area contributed by atoms with E-state index in [4.69, 9.17) is 0 Å². The summed E-state index contributed by atoms with van der Waals surface area (Å²) < 4.78 is 1.07. The van der Waals surface area contributed by atoms with Gasteiger partial charge < -0.3 is 9.59 Å². The van der Waals surface area contributed by atoms with Gasteiger partial charge in [-0.3, -0.25) is 0 Å². The highest BCUT2D eigenvalue weighted by atomic mass is 16.3. The summed E-state index contributed by atoms with van der Waals surface area (Å²) in [7, 11) is 4.50. The van der Waals surface area contributed by atoms with E-state index in [1.54, 1.807) is 0 Å². The Morgan fingerprint density at radius 1 is 1.30 bits per heavy atom. The molecule has 2 saturated heterocycles. The van der Waals surface area contributed by atoms with Gasteiger partial charge in [-0.1, -0.05) is 0 Å². The first kappa shape index (κ1) is 6.62. The van der Waals surface area contributed by atoms with Crippen LogP contribution in [0.5, 0.6) is 0 Å². The molecule has 0 aromatic heterocycles. The molecule has 2 bridgehead atoms. The van der Waals surface area contributed by atoms with Crippen LogP contribution in [0.3, 0.4) is 0 Å². The minimum atomic E-state index is -0.00579. The number of likely N-dealkylation sites (N-methyl/N-ethyl adjacent to an activating group) is 1. The fraction of sp³-hybridized carbons (Fsp3) is 1.00. The van der Waals surface area contributed by atoms with Crippen molar-refractivity contribution < 1.29 is 9.59 Å². The molecule has 0 saturated carbocycles. The van der Waals surface area contributed by atoms with E-state index in [1.165, 1.54) is 12.8 Å². The molecule has 2 fully saturated rings. The standard InChI is InChI=1S/C8H16NO/c1-9(2)6-3-4-7(9)8(10)5-6/h6-8,10H,3-5H2,1-2H3/q+1. The zero-order valence-electron chi connectivity index (χ0n) is 6.75. The summed E-state index contributed by atoms with van der Waals surface area (Å²) in [5.41, 5.74) is 0. The normalized spacial score (nSPS) is 50.1. The minimum Gasteiger partial charge on any atom is -0.387 e. The SMILES string of the molecule is C[N+]1(C)C2CCC1C(O)C2. The van der Waals surface area contributed by atoms with E-state index in [0.29, 0.717) is 6.04 Å². The summed E-state index contributed by atoms with van der Waals surface area (Å²) >= 11 is 0. The van der Waals surface area contributed by atoms with Crippen molar-refractivity contribution in [3.63, 3.8) is 0 Å². The van der Waals surface area contributed by atoms with Crippen molar-refractivity contribution in [3.8, 4) is 0 Å². The monoisotopic (exact) mass is 142 g/mol. The van der Waals surface area contributed by atoms with Gasteiger partial charge in [0.05, 0.1) is 20.1 Å². The quantitative estimate of drug-likeness (QED) is 0.484. The van der Waals surface area contributed by atoms with Crippen molar-refractivity contribution in [2.24, 2.45) is 0 Å². The van der Waals surface area contributed by atoms with Gasteiger partial charge in [0.15, 0.2) is 0 Å². The number of aliphatic hydroxyl groups excluding tert-OH is 1. The van der Waals surface area contributed by atoms with E-state index >= 15 is 0 Å². The Balaban J connectivity index is 2.27. The topological polar surface area (TPSA) is 20.2 Å².